The van der Waals surface area contributed by atoms with E-state index in [2.05, 4.69) is 6.92 Å². The van der Waals surface area contributed by atoms with Gasteiger partial charge in [-0.2, -0.15) is 0 Å². The molecular weight excluding hydrogens is 352 g/mol. The van der Waals surface area contributed by atoms with Gasteiger partial charge in [0.1, 0.15) is 0 Å². The number of benzene rings is 2. The lowest BCUT2D eigenvalue weighted by atomic mass is 9.82. The molecule has 3 rings (SSSR count). The van der Waals surface area contributed by atoms with Crippen LogP contribution in [0.4, 0.5) is 0 Å². The third kappa shape index (κ3) is 4.23. The Morgan fingerprint density at radius 3 is 2.04 bits per heavy atom. The number of ether oxygens (including phenoxy) is 1. The van der Waals surface area contributed by atoms with Gasteiger partial charge in [0.2, 0.25) is 0 Å². The second kappa shape index (κ2) is 7.61. The molecular formula is C24H28O4. The van der Waals surface area contributed by atoms with Gasteiger partial charge in [0.05, 0.1) is 17.8 Å². The molecule has 0 amide bonds. The lowest BCUT2D eigenvalue weighted by Gasteiger charge is -2.31. The molecule has 1 unspecified atom stereocenters. The van der Waals surface area contributed by atoms with E-state index in [1.165, 1.54) is 0 Å². The molecule has 1 aliphatic carbocycles. The minimum atomic E-state index is -0.763. The van der Waals surface area contributed by atoms with Crippen LogP contribution in [0.5, 0.6) is 0 Å². The van der Waals surface area contributed by atoms with Crippen LogP contribution in [-0.2, 0) is 11.2 Å². The summed E-state index contributed by atoms with van der Waals surface area (Å²) in [4.78, 5) is 25.7. The summed E-state index contributed by atoms with van der Waals surface area (Å²) in [6.45, 7) is 8.10. The summed E-state index contributed by atoms with van der Waals surface area (Å²) < 4.78 is 6.10. The Kier molecular flexibility index (Phi) is 5.55. The molecule has 148 valence electrons. The summed E-state index contributed by atoms with van der Waals surface area (Å²) in [7, 11) is 0. The van der Waals surface area contributed by atoms with Crippen LogP contribution >= 0.6 is 0 Å². The summed E-state index contributed by atoms with van der Waals surface area (Å²) in [5, 5.41) is 9.89. The van der Waals surface area contributed by atoms with Gasteiger partial charge in [-0.1, -0.05) is 43.3 Å². The first kappa shape index (κ1) is 20.4. The molecule has 0 fully saturated rings. The third-order valence-corrected chi connectivity index (χ3v) is 5.48. The number of carbonyl (C=O) groups is 2. The highest BCUT2D eigenvalue weighted by Gasteiger charge is 2.31. The van der Waals surface area contributed by atoms with Crippen LogP contribution in [0.15, 0.2) is 42.5 Å². The van der Waals surface area contributed by atoms with Crippen LogP contribution in [0.1, 0.15) is 77.9 Å². The lowest BCUT2D eigenvalue weighted by Crippen LogP contribution is -2.33. The molecule has 4 nitrogen and oxygen atoms in total. The van der Waals surface area contributed by atoms with Crippen molar-refractivity contribution in [3.63, 3.8) is 0 Å². The summed E-state index contributed by atoms with van der Waals surface area (Å²) in [6, 6.07) is 12.5. The standard InChI is InChI=1S/C24H28O4/c1-5-24(4,28-13-12-23(2,3)27)15-16-10-11-19-20(14-16)22(26)18-9-7-6-8-17(18)21(19)25/h6-11,14,27H,5,12-13,15H2,1-4H3. The molecule has 1 atom stereocenters. The fourth-order valence-electron chi connectivity index (χ4n) is 3.51. The lowest BCUT2D eigenvalue weighted by molar-refractivity contribution is -0.0579. The Morgan fingerprint density at radius 2 is 1.46 bits per heavy atom. The fourth-order valence-corrected chi connectivity index (χ4v) is 3.51. The highest BCUT2D eigenvalue weighted by molar-refractivity contribution is 6.28. The Balaban J connectivity index is 1.83. The Bertz CT molecular complexity index is 907. The van der Waals surface area contributed by atoms with Crippen LogP contribution < -0.4 is 0 Å². The van der Waals surface area contributed by atoms with Crippen molar-refractivity contribution in [2.45, 2.75) is 58.2 Å². The Morgan fingerprint density at radius 1 is 0.893 bits per heavy atom. The third-order valence-electron chi connectivity index (χ3n) is 5.48. The number of aliphatic hydroxyl groups is 1. The number of rotatable bonds is 7. The molecule has 4 heteroatoms. The van der Waals surface area contributed by atoms with E-state index in [1.54, 1.807) is 44.2 Å². The maximum Gasteiger partial charge on any atom is 0.194 e. The highest BCUT2D eigenvalue weighted by Crippen LogP contribution is 2.30. The fraction of sp³-hybridized carbons (Fsp3) is 0.417. The topological polar surface area (TPSA) is 63.6 Å². The number of ketones is 2. The normalized spacial score (nSPS) is 15.8. The summed E-state index contributed by atoms with van der Waals surface area (Å²) in [5.74, 6) is -0.204. The molecule has 0 radical (unpaired) electrons. The van der Waals surface area contributed by atoms with E-state index in [0.29, 0.717) is 41.7 Å². The van der Waals surface area contributed by atoms with Gasteiger partial charge in [-0.3, -0.25) is 9.59 Å². The molecule has 2 aromatic carbocycles. The van der Waals surface area contributed by atoms with Crippen molar-refractivity contribution in [1.82, 2.24) is 0 Å². The van der Waals surface area contributed by atoms with Gasteiger partial charge in [-0.25, -0.2) is 0 Å². The SMILES string of the molecule is CCC(C)(Cc1ccc2c(c1)C(=O)c1ccccc1C2=O)OCCC(C)(C)O. The Hall–Kier alpha value is -2.30. The molecule has 0 saturated heterocycles. The average molecular weight is 380 g/mol. The predicted molar refractivity (Wildman–Crippen MR) is 109 cm³/mol. The minimum Gasteiger partial charge on any atom is -0.390 e. The Labute approximate surface area is 166 Å². The van der Waals surface area contributed by atoms with E-state index in [0.717, 1.165) is 12.0 Å². The smallest absolute Gasteiger partial charge is 0.194 e. The quantitative estimate of drug-likeness (QED) is 0.662. The molecule has 0 heterocycles. The first-order valence-corrected chi connectivity index (χ1v) is 9.81. The van der Waals surface area contributed by atoms with Gasteiger partial charge in [0.25, 0.3) is 0 Å². The molecule has 1 N–H and O–H groups in total. The zero-order valence-corrected chi connectivity index (χ0v) is 17.0. The zero-order chi connectivity index (χ0) is 20.5. The molecule has 2 aromatic rings. The van der Waals surface area contributed by atoms with Crippen molar-refractivity contribution in [3.05, 3.63) is 70.3 Å². The van der Waals surface area contributed by atoms with Crippen LogP contribution in [0.25, 0.3) is 0 Å². The predicted octanol–water partition coefficient (Wildman–Crippen LogP) is 4.35. The zero-order valence-electron chi connectivity index (χ0n) is 17.0. The molecule has 0 saturated carbocycles. The maximum atomic E-state index is 12.9. The van der Waals surface area contributed by atoms with Gasteiger partial charge in [-0.15, -0.1) is 0 Å². The summed E-state index contributed by atoms with van der Waals surface area (Å²) >= 11 is 0. The van der Waals surface area contributed by atoms with Crippen LogP contribution in [0.2, 0.25) is 0 Å². The number of carbonyl (C=O) groups excluding carboxylic acids is 2. The second-order valence-corrected chi connectivity index (χ2v) is 8.47. The van der Waals surface area contributed by atoms with Crippen molar-refractivity contribution in [2.24, 2.45) is 0 Å². The monoisotopic (exact) mass is 380 g/mol. The van der Waals surface area contributed by atoms with E-state index < -0.39 is 11.2 Å². The first-order valence-electron chi connectivity index (χ1n) is 9.81. The van der Waals surface area contributed by atoms with Crippen molar-refractivity contribution in [2.75, 3.05) is 6.61 Å². The van der Waals surface area contributed by atoms with Crippen molar-refractivity contribution < 1.29 is 19.4 Å². The van der Waals surface area contributed by atoms with E-state index >= 15 is 0 Å². The van der Waals surface area contributed by atoms with E-state index in [9.17, 15) is 14.7 Å². The molecule has 1 aliphatic rings. The molecule has 0 spiro atoms. The number of hydrogen-bond acceptors (Lipinski definition) is 4. The van der Waals surface area contributed by atoms with Crippen molar-refractivity contribution in [1.29, 1.82) is 0 Å². The van der Waals surface area contributed by atoms with Crippen LogP contribution in [-0.4, -0.2) is 34.5 Å². The molecule has 0 bridgehead atoms. The van der Waals surface area contributed by atoms with Gasteiger partial charge in [-0.05, 0) is 45.2 Å². The van der Waals surface area contributed by atoms with E-state index in [4.69, 9.17) is 4.74 Å². The number of fused-ring (bicyclic) bond motifs is 2. The second-order valence-electron chi connectivity index (χ2n) is 8.47. The summed E-state index contributed by atoms with van der Waals surface area (Å²) in [6.07, 6.45) is 1.98. The van der Waals surface area contributed by atoms with Gasteiger partial charge in [0.15, 0.2) is 11.6 Å². The van der Waals surface area contributed by atoms with Crippen molar-refractivity contribution in [3.8, 4) is 0 Å². The van der Waals surface area contributed by atoms with E-state index in [1.807, 2.05) is 19.1 Å². The maximum absolute atomic E-state index is 12.9. The molecule has 0 aliphatic heterocycles. The van der Waals surface area contributed by atoms with Crippen LogP contribution in [0.3, 0.4) is 0 Å². The van der Waals surface area contributed by atoms with Crippen LogP contribution in [0, 0.1) is 0 Å². The van der Waals surface area contributed by atoms with Gasteiger partial charge < -0.3 is 9.84 Å². The average Bonchev–Trinajstić information content (AvgIpc) is 2.65. The largest absolute Gasteiger partial charge is 0.390 e. The first-order chi connectivity index (χ1) is 13.1. The van der Waals surface area contributed by atoms with Crippen molar-refractivity contribution >= 4 is 11.6 Å². The van der Waals surface area contributed by atoms with E-state index in [-0.39, 0.29) is 11.6 Å². The van der Waals surface area contributed by atoms with Gasteiger partial charge in [0, 0.05) is 28.7 Å². The summed E-state index contributed by atoms with van der Waals surface area (Å²) in [5.41, 5.74) is 1.68. The molecule has 0 aromatic heterocycles. The molecule has 28 heavy (non-hydrogen) atoms. The highest BCUT2D eigenvalue weighted by atomic mass is 16.5. The van der Waals surface area contributed by atoms with Gasteiger partial charge >= 0.3 is 0 Å². The number of hydrogen-bond donors (Lipinski definition) is 1. The minimum absolute atomic E-state index is 0.101.